The Hall–Kier alpha value is -2.22. The molecule has 1 saturated carbocycles. The van der Waals surface area contributed by atoms with Crippen LogP contribution in [-0.4, -0.2) is 12.5 Å². The number of nitriles is 1. The van der Waals surface area contributed by atoms with Gasteiger partial charge >= 0.3 is 0 Å². The van der Waals surface area contributed by atoms with E-state index in [1.165, 1.54) is 0 Å². The molecule has 1 fully saturated rings. The summed E-state index contributed by atoms with van der Waals surface area (Å²) in [6.45, 7) is 4.62. The molecule has 2 aromatic carbocycles. The number of rotatable bonds is 6. The number of halogens is 2. The van der Waals surface area contributed by atoms with Crippen LogP contribution in [0.1, 0.15) is 57.1 Å². The summed E-state index contributed by atoms with van der Waals surface area (Å²) in [5.74, 6) is 0.773. The number of amides is 1. The average Bonchev–Trinajstić information content (AvgIpc) is 2.73. The summed E-state index contributed by atoms with van der Waals surface area (Å²) in [6, 6.07) is 12.7. The Balaban J connectivity index is 1.89. The van der Waals surface area contributed by atoms with Gasteiger partial charge in [0.05, 0.1) is 17.6 Å². The van der Waals surface area contributed by atoms with Gasteiger partial charge in [0.15, 0.2) is 0 Å². The Morgan fingerprint density at radius 1 is 1.17 bits per heavy atom. The first kappa shape index (κ1) is 22.5. The lowest BCUT2D eigenvalue weighted by Gasteiger charge is -2.37. The van der Waals surface area contributed by atoms with Crippen LogP contribution in [0.5, 0.6) is 5.75 Å². The molecular weight excluding hydrogens is 419 g/mol. The van der Waals surface area contributed by atoms with E-state index in [9.17, 15) is 10.1 Å². The van der Waals surface area contributed by atoms with Gasteiger partial charge in [-0.1, -0.05) is 62.4 Å². The summed E-state index contributed by atoms with van der Waals surface area (Å²) in [4.78, 5) is 13.5. The van der Waals surface area contributed by atoms with E-state index < -0.39 is 5.41 Å². The van der Waals surface area contributed by atoms with Crippen molar-refractivity contribution in [3.63, 3.8) is 0 Å². The van der Waals surface area contributed by atoms with Crippen LogP contribution >= 0.6 is 23.2 Å². The van der Waals surface area contributed by atoms with Crippen LogP contribution in [-0.2, 0) is 10.2 Å². The second-order valence-corrected chi connectivity index (χ2v) is 9.09. The molecule has 6 heteroatoms. The highest BCUT2D eigenvalue weighted by molar-refractivity contribution is 6.35. The standard InChI is InChI=1S/C24H26Cl2N2O2/c1-16(2)15-30-22-9-7-19(12-17(22)14-27)28-23(29)24(10-4-3-5-11-24)20-8-6-18(25)13-21(20)26/h6-9,12-13,16H,3-5,10-11,15H2,1-2H3,(H,28,29). The molecule has 0 atom stereocenters. The number of carbonyl (C=O) groups is 1. The number of hydrogen-bond acceptors (Lipinski definition) is 3. The quantitative estimate of drug-likeness (QED) is 0.536. The van der Waals surface area contributed by atoms with Crippen molar-refractivity contribution in [2.24, 2.45) is 5.92 Å². The van der Waals surface area contributed by atoms with Gasteiger partial charge in [-0.3, -0.25) is 4.79 Å². The van der Waals surface area contributed by atoms with Gasteiger partial charge in [0.25, 0.3) is 0 Å². The maximum atomic E-state index is 13.5. The van der Waals surface area contributed by atoms with Crippen LogP contribution in [0.4, 0.5) is 5.69 Å². The van der Waals surface area contributed by atoms with Crippen molar-refractivity contribution in [1.29, 1.82) is 5.26 Å². The minimum Gasteiger partial charge on any atom is -0.492 e. The zero-order valence-corrected chi connectivity index (χ0v) is 18.8. The molecule has 1 amide bonds. The van der Waals surface area contributed by atoms with E-state index in [2.05, 4.69) is 11.4 Å². The highest BCUT2D eigenvalue weighted by Gasteiger charge is 2.42. The number of carbonyl (C=O) groups excluding carboxylic acids is 1. The SMILES string of the molecule is CC(C)COc1ccc(NC(=O)C2(c3ccc(Cl)cc3Cl)CCCCC2)cc1C#N. The first-order valence-electron chi connectivity index (χ1n) is 10.3. The molecule has 0 saturated heterocycles. The van der Waals surface area contributed by atoms with E-state index in [1.54, 1.807) is 30.3 Å². The molecule has 2 aromatic rings. The van der Waals surface area contributed by atoms with E-state index in [0.717, 1.165) is 37.7 Å². The van der Waals surface area contributed by atoms with E-state index in [0.29, 0.717) is 39.6 Å². The van der Waals surface area contributed by atoms with Gasteiger partial charge in [0.1, 0.15) is 11.8 Å². The zero-order valence-electron chi connectivity index (χ0n) is 17.3. The highest BCUT2D eigenvalue weighted by Crippen LogP contribution is 2.44. The van der Waals surface area contributed by atoms with Crippen molar-refractivity contribution >= 4 is 34.8 Å². The summed E-state index contributed by atoms with van der Waals surface area (Å²) >= 11 is 12.6. The molecule has 4 nitrogen and oxygen atoms in total. The van der Waals surface area contributed by atoms with Crippen LogP contribution in [0.2, 0.25) is 10.0 Å². The molecule has 3 rings (SSSR count). The van der Waals surface area contributed by atoms with Gasteiger partial charge in [-0.15, -0.1) is 0 Å². The van der Waals surface area contributed by atoms with Crippen LogP contribution < -0.4 is 10.1 Å². The smallest absolute Gasteiger partial charge is 0.235 e. The number of benzene rings is 2. The third-order valence-electron chi connectivity index (χ3n) is 5.52. The van der Waals surface area contributed by atoms with Crippen molar-refractivity contribution in [2.75, 3.05) is 11.9 Å². The predicted molar refractivity (Wildman–Crippen MR) is 121 cm³/mol. The van der Waals surface area contributed by atoms with E-state index in [-0.39, 0.29) is 5.91 Å². The lowest BCUT2D eigenvalue weighted by molar-refractivity contribution is -0.122. The first-order chi connectivity index (χ1) is 14.4. The van der Waals surface area contributed by atoms with Crippen molar-refractivity contribution in [1.82, 2.24) is 0 Å². The van der Waals surface area contributed by atoms with Gasteiger partial charge in [-0.05, 0) is 54.7 Å². The van der Waals surface area contributed by atoms with Gasteiger partial charge in [0, 0.05) is 15.7 Å². The molecule has 1 aliphatic rings. The number of hydrogen-bond donors (Lipinski definition) is 1. The van der Waals surface area contributed by atoms with Crippen LogP contribution in [0, 0.1) is 17.2 Å². The van der Waals surface area contributed by atoms with E-state index in [1.807, 2.05) is 19.9 Å². The summed E-state index contributed by atoms with van der Waals surface area (Å²) in [6.07, 6.45) is 4.46. The van der Waals surface area contributed by atoms with Gasteiger partial charge in [0.2, 0.25) is 5.91 Å². The molecule has 0 unspecified atom stereocenters. The van der Waals surface area contributed by atoms with E-state index in [4.69, 9.17) is 27.9 Å². The largest absolute Gasteiger partial charge is 0.492 e. The fourth-order valence-corrected chi connectivity index (χ4v) is 4.57. The van der Waals surface area contributed by atoms with Gasteiger partial charge in [-0.25, -0.2) is 0 Å². The van der Waals surface area contributed by atoms with Crippen LogP contribution in [0.25, 0.3) is 0 Å². The van der Waals surface area contributed by atoms with Crippen molar-refractivity contribution < 1.29 is 9.53 Å². The maximum Gasteiger partial charge on any atom is 0.235 e. The topological polar surface area (TPSA) is 62.1 Å². The number of nitrogens with one attached hydrogen (secondary N) is 1. The normalized spacial score (nSPS) is 15.5. The van der Waals surface area contributed by atoms with Gasteiger partial charge in [-0.2, -0.15) is 5.26 Å². The van der Waals surface area contributed by atoms with Gasteiger partial charge < -0.3 is 10.1 Å². The first-order valence-corrected chi connectivity index (χ1v) is 11.1. The Kier molecular flexibility index (Phi) is 7.28. The van der Waals surface area contributed by atoms with Crippen molar-refractivity contribution in [3.05, 3.63) is 57.6 Å². The molecule has 0 bridgehead atoms. The average molecular weight is 445 g/mol. The van der Waals surface area contributed by atoms with Crippen molar-refractivity contribution in [2.45, 2.75) is 51.4 Å². The highest BCUT2D eigenvalue weighted by atomic mass is 35.5. The fraction of sp³-hybridized carbons (Fsp3) is 0.417. The monoisotopic (exact) mass is 444 g/mol. The number of nitrogens with zero attached hydrogens (tertiary/aromatic N) is 1. The summed E-state index contributed by atoms with van der Waals surface area (Å²) in [5.41, 5.74) is 1.07. The predicted octanol–water partition coefficient (Wildman–Crippen LogP) is 6.74. The molecule has 1 N–H and O–H groups in total. The summed E-state index contributed by atoms with van der Waals surface area (Å²) in [7, 11) is 0. The molecule has 0 aromatic heterocycles. The zero-order chi connectivity index (χ0) is 21.7. The second-order valence-electron chi connectivity index (χ2n) is 8.25. The molecule has 0 spiro atoms. The Morgan fingerprint density at radius 2 is 1.90 bits per heavy atom. The Bertz CT molecular complexity index is 960. The molecule has 158 valence electrons. The fourth-order valence-electron chi connectivity index (χ4n) is 3.98. The summed E-state index contributed by atoms with van der Waals surface area (Å²) < 4.78 is 5.72. The molecule has 30 heavy (non-hydrogen) atoms. The molecule has 0 heterocycles. The molecular formula is C24H26Cl2N2O2. The maximum absolute atomic E-state index is 13.5. The van der Waals surface area contributed by atoms with Crippen molar-refractivity contribution in [3.8, 4) is 11.8 Å². The van der Waals surface area contributed by atoms with E-state index >= 15 is 0 Å². The third kappa shape index (κ3) is 4.91. The van der Waals surface area contributed by atoms with Crippen LogP contribution in [0.3, 0.4) is 0 Å². The minimum atomic E-state index is -0.709. The number of anilines is 1. The number of ether oxygens (including phenoxy) is 1. The second kappa shape index (κ2) is 9.73. The lowest BCUT2D eigenvalue weighted by Crippen LogP contribution is -2.42. The Morgan fingerprint density at radius 3 is 2.53 bits per heavy atom. The minimum absolute atomic E-state index is 0.105. The third-order valence-corrected chi connectivity index (χ3v) is 6.07. The summed E-state index contributed by atoms with van der Waals surface area (Å²) in [5, 5.41) is 13.6. The lowest BCUT2D eigenvalue weighted by atomic mass is 9.68. The molecule has 0 radical (unpaired) electrons. The Labute approximate surface area is 188 Å². The molecule has 0 aliphatic heterocycles. The molecule has 1 aliphatic carbocycles. The van der Waals surface area contributed by atoms with Crippen LogP contribution in [0.15, 0.2) is 36.4 Å².